The molecule has 0 amide bonds. The lowest BCUT2D eigenvalue weighted by Crippen LogP contribution is -2.02. The number of fused-ring (bicyclic) bond motifs is 1. The monoisotopic (exact) mass is 259 g/mol. The number of thiophene rings is 1. The third kappa shape index (κ3) is 1.95. The number of aromatic amines is 1. The lowest BCUT2D eigenvalue weighted by atomic mass is 10.2. The number of H-pyrrole nitrogens is 1. The Bertz CT molecular complexity index is 657. The van der Waals surface area contributed by atoms with Crippen LogP contribution in [0.1, 0.15) is 17.4 Å². The predicted octanol–water partition coefficient (Wildman–Crippen LogP) is 2.59. The van der Waals surface area contributed by atoms with Gasteiger partial charge in [-0.25, -0.2) is 15.0 Å². The van der Waals surface area contributed by atoms with Gasteiger partial charge in [0.25, 0.3) is 0 Å². The van der Waals surface area contributed by atoms with Crippen molar-refractivity contribution in [2.24, 2.45) is 0 Å². The Balaban J connectivity index is 1.83. The molecule has 0 aliphatic heterocycles. The highest BCUT2D eigenvalue weighted by Gasteiger charge is 2.07. The third-order valence-corrected chi connectivity index (χ3v) is 3.82. The Morgan fingerprint density at radius 1 is 1.33 bits per heavy atom. The van der Waals surface area contributed by atoms with Gasteiger partial charge in [-0.05, 0) is 23.4 Å². The van der Waals surface area contributed by atoms with E-state index in [4.69, 9.17) is 0 Å². The first kappa shape index (κ1) is 11.2. The molecular formula is C12H13N5S. The standard InChI is InChI=1S/C12H13N5S/c1-2-8-3-4-18-9(8)5-13-11-10-12(15-6-14-10)17-7-16-11/h3-4,6-7H,2,5H2,1H3,(H2,13,14,15,16,17). The van der Waals surface area contributed by atoms with E-state index in [0.717, 1.165) is 24.3 Å². The van der Waals surface area contributed by atoms with E-state index in [-0.39, 0.29) is 0 Å². The maximum absolute atomic E-state index is 4.25. The molecule has 3 aromatic rings. The van der Waals surface area contributed by atoms with Gasteiger partial charge in [-0.15, -0.1) is 11.3 Å². The van der Waals surface area contributed by atoms with Gasteiger partial charge in [-0.2, -0.15) is 0 Å². The number of aromatic nitrogens is 4. The molecule has 0 saturated heterocycles. The van der Waals surface area contributed by atoms with Crippen LogP contribution in [0.5, 0.6) is 0 Å². The van der Waals surface area contributed by atoms with Gasteiger partial charge in [0.2, 0.25) is 0 Å². The number of imidazole rings is 1. The molecular weight excluding hydrogens is 246 g/mol. The van der Waals surface area contributed by atoms with Gasteiger partial charge < -0.3 is 10.3 Å². The fourth-order valence-corrected chi connectivity index (χ4v) is 2.82. The molecule has 3 rings (SSSR count). The largest absolute Gasteiger partial charge is 0.363 e. The van der Waals surface area contributed by atoms with Crippen LogP contribution in [0.2, 0.25) is 0 Å². The SMILES string of the molecule is CCc1ccsc1CNc1ncnc2nc[nH]c12. The second-order valence-electron chi connectivity index (χ2n) is 3.90. The van der Waals surface area contributed by atoms with Crippen LogP contribution in [-0.2, 0) is 13.0 Å². The fourth-order valence-electron chi connectivity index (χ4n) is 1.90. The molecule has 0 aliphatic carbocycles. The van der Waals surface area contributed by atoms with Crippen molar-refractivity contribution in [1.29, 1.82) is 0 Å². The van der Waals surface area contributed by atoms with Gasteiger partial charge in [-0.1, -0.05) is 6.92 Å². The summed E-state index contributed by atoms with van der Waals surface area (Å²) in [7, 11) is 0. The number of nitrogens with one attached hydrogen (secondary N) is 2. The highest BCUT2D eigenvalue weighted by molar-refractivity contribution is 7.10. The van der Waals surface area contributed by atoms with Crippen molar-refractivity contribution in [3.05, 3.63) is 34.5 Å². The van der Waals surface area contributed by atoms with Crippen LogP contribution in [0, 0.1) is 0 Å². The van der Waals surface area contributed by atoms with Crippen LogP contribution in [0.4, 0.5) is 5.82 Å². The molecule has 0 spiro atoms. The average Bonchev–Trinajstić information content (AvgIpc) is 3.04. The van der Waals surface area contributed by atoms with Crippen molar-refractivity contribution in [2.45, 2.75) is 19.9 Å². The smallest absolute Gasteiger partial charge is 0.182 e. The van der Waals surface area contributed by atoms with Crippen LogP contribution in [0.15, 0.2) is 24.1 Å². The molecule has 3 heterocycles. The van der Waals surface area contributed by atoms with Crippen molar-refractivity contribution < 1.29 is 0 Å². The molecule has 92 valence electrons. The molecule has 0 bridgehead atoms. The van der Waals surface area contributed by atoms with Gasteiger partial charge in [0.1, 0.15) is 11.8 Å². The zero-order chi connectivity index (χ0) is 12.4. The molecule has 0 radical (unpaired) electrons. The lowest BCUT2D eigenvalue weighted by molar-refractivity contribution is 1.06. The Labute approximate surface area is 108 Å². The summed E-state index contributed by atoms with van der Waals surface area (Å²) < 4.78 is 0. The molecule has 0 fully saturated rings. The topological polar surface area (TPSA) is 66.5 Å². The summed E-state index contributed by atoms with van der Waals surface area (Å²) in [5.41, 5.74) is 2.93. The van der Waals surface area contributed by atoms with E-state index < -0.39 is 0 Å². The second kappa shape index (κ2) is 4.73. The van der Waals surface area contributed by atoms with Crippen LogP contribution in [0.3, 0.4) is 0 Å². The van der Waals surface area contributed by atoms with Gasteiger partial charge in [0, 0.05) is 4.88 Å². The minimum Gasteiger partial charge on any atom is -0.363 e. The van der Waals surface area contributed by atoms with Crippen LogP contribution in [0.25, 0.3) is 11.2 Å². The Morgan fingerprint density at radius 2 is 2.28 bits per heavy atom. The highest BCUT2D eigenvalue weighted by atomic mass is 32.1. The van der Waals surface area contributed by atoms with E-state index in [0.29, 0.717) is 5.65 Å². The quantitative estimate of drug-likeness (QED) is 0.755. The first-order valence-corrected chi connectivity index (χ1v) is 6.69. The van der Waals surface area contributed by atoms with Gasteiger partial charge in [0.05, 0.1) is 12.9 Å². The number of hydrogen-bond acceptors (Lipinski definition) is 5. The van der Waals surface area contributed by atoms with E-state index in [9.17, 15) is 0 Å². The number of nitrogens with zero attached hydrogens (tertiary/aromatic N) is 3. The summed E-state index contributed by atoms with van der Waals surface area (Å²) in [6.45, 7) is 2.95. The summed E-state index contributed by atoms with van der Waals surface area (Å²) in [5, 5.41) is 5.47. The van der Waals surface area contributed by atoms with E-state index >= 15 is 0 Å². The van der Waals surface area contributed by atoms with Crippen molar-refractivity contribution in [1.82, 2.24) is 19.9 Å². The summed E-state index contributed by atoms with van der Waals surface area (Å²) in [4.78, 5) is 16.9. The molecule has 5 nitrogen and oxygen atoms in total. The Kier molecular flexibility index (Phi) is 2.93. The van der Waals surface area contributed by atoms with Crippen LogP contribution >= 0.6 is 11.3 Å². The number of rotatable bonds is 4. The van der Waals surface area contributed by atoms with Crippen molar-refractivity contribution in [3.8, 4) is 0 Å². The summed E-state index contributed by atoms with van der Waals surface area (Å²) in [6, 6.07) is 2.17. The molecule has 3 aromatic heterocycles. The number of aryl methyl sites for hydroxylation is 1. The summed E-state index contributed by atoms with van der Waals surface area (Å²) >= 11 is 1.77. The van der Waals surface area contributed by atoms with Gasteiger partial charge >= 0.3 is 0 Å². The molecule has 0 aliphatic rings. The second-order valence-corrected chi connectivity index (χ2v) is 4.90. The van der Waals surface area contributed by atoms with E-state index in [1.807, 2.05) is 0 Å². The molecule has 18 heavy (non-hydrogen) atoms. The molecule has 2 N–H and O–H groups in total. The molecule has 0 saturated carbocycles. The zero-order valence-corrected chi connectivity index (χ0v) is 10.8. The van der Waals surface area contributed by atoms with Gasteiger partial charge in [-0.3, -0.25) is 0 Å². The molecule has 0 atom stereocenters. The average molecular weight is 259 g/mol. The first-order valence-electron chi connectivity index (χ1n) is 5.81. The number of hydrogen-bond donors (Lipinski definition) is 2. The maximum atomic E-state index is 4.25. The van der Waals surface area contributed by atoms with E-state index in [1.54, 1.807) is 17.7 Å². The maximum Gasteiger partial charge on any atom is 0.182 e. The summed E-state index contributed by atoms with van der Waals surface area (Å²) in [5.74, 6) is 0.799. The van der Waals surface area contributed by atoms with Crippen molar-refractivity contribution in [3.63, 3.8) is 0 Å². The lowest BCUT2D eigenvalue weighted by Gasteiger charge is -2.05. The van der Waals surface area contributed by atoms with E-state index in [1.165, 1.54) is 16.8 Å². The van der Waals surface area contributed by atoms with Crippen LogP contribution in [-0.4, -0.2) is 19.9 Å². The zero-order valence-electron chi connectivity index (χ0n) is 9.97. The fraction of sp³-hybridized carbons (Fsp3) is 0.250. The third-order valence-electron chi connectivity index (χ3n) is 2.86. The molecule has 6 heteroatoms. The minimum absolute atomic E-state index is 0.689. The normalized spacial score (nSPS) is 10.9. The highest BCUT2D eigenvalue weighted by Crippen LogP contribution is 2.20. The molecule has 0 aromatic carbocycles. The van der Waals surface area contributed by atoms with Gasteiger partial charge in [0.15, 0.2) is 11.5 Å². The minimum atomic E-state index is 0.689. The van der Waals surface area contributed by atoms with Crippen molar-refractivity contribution in [2.75, 3.05) is 5.32 Å². The Morgan fingerprint density at radius 3 is 3.17 bits per heavy atom. The first-order chi connectivity index (χ1) is 8.88. The van der Waals surface area contributed by atoms with Crippen molar-refractivity contribution >= 4 is 28.3 Å². The van der Waals surface area contributed by atoms with Crippen LogP contribution < -0.4 is 5.32 Å². The molecule has 0 unspecified atom stereocenters. The predicted molar refractivity (Wildman–Crippen MR) is 72.7 cm³/mol. The summed E-state index contributed by atoms with van der Waals surface area (Å²) in [6.07, 6.45) is 4.22. The number of anilines is 1. The van der Waals surface area contributed by atoms with E-state index in [2.05, 4.69) is 43.6 Å². The Hall–Kier alpha value is -1.95.